The molecule has 2 aromatic heterocycles. The number of hydrogen-bond acceptors (Lipinski definition) is 9. The Morgan fingerprint density at radius 2 is 2.00 bits per heavy atom. The smallest absolute Gasteiger partial charge is 0.264 e. The maximum Gasteiger partial charge on any atom is 0.264 e. The van der Waals surface area contributed by atoms with Crippen LogP contribution in [0.2, 0.25) is 0 Å². The van der Waals surface area contributed by atoms with Crippen LogP contribution in [0.25, 0.3) is 22.2 Å². The molecule has 0 bridgehead atoms. The van der Waals surface area contributed by atoms with Crippen molar-refractivity contribution in [3.05, 3.63) is 40.9 Å². The van der Waals surface area contributed by atoms with Crippen molar-refractivity contribution in [3.8, 4) is 11.3 Å². The monoisotopic (exact) mass is 461 g/mol. The van der Waals surface area contributed by atoms with E-state index in [1.807, 2.05) is 0 Å². The second kappa shape index (κ2) is 9.63. The summed E-state index contributed by atoms with van der Waals surface area (Å²) in [7, 11) is -0.384. The molecule has 0 amide bonds. The number of nitrogens with one attached hydrogen (secondary N) is 2. The van der Waals surface area contributed by atoms with Crippen LogP contribution in [-0.2, 0) is 21.6 Å². The van der Waals surface area contributed by atoms with Gasteiger partial charge in [0.25, 0.3) is 5.56 Å². The maximum absolute atomic E-state index is 12.7. The predicted octanol–water partition coefficient (Wildman–Crippen LogP) is 1.25. The molecule has 3 aromatic rings. The molecule has 11 heteroatoms. The Hall–Kier alpha value is -3.02. The summed E-state index contributed by atoms with van der Waals surface area (Å²) in [4.78, 5) is 21.7. The number of fused-ring (bicyclic) bond motifs is 1. The summed E-state index contributed by atoms with van der Waals surface area (Å²) in [5, 5.41) is 15.9. The van der Waals surface area contributed by atoms with Crippen LogP contribution in [0, 0.1) is 0 Å². The van der Waals surface area contributed by atoms with Crippen molar-refractivity contribution >= 4 is 32.2 Å². The van der Waals surface area contributed by atoms with Gasteiger partial charge in [-0.3, -0.25) is 4.79 Å². The summed E-state index contributed by atoms with van der Waals surface area (Å²) >= 11 is 0. The van der Waals surface area contributed by atoms with Gasteiger partial charge in [0.15, 0.2) is 9.84 Å². The first-order chi connectivity index (χ1) is 15.1. The van der Waals surface area contributed by atoms with Crippen molar-refractivity contribution < 1.29 is 18.3 Å². The third kappa shape index (κ3) is 5.23. The molecule has 3 rings (SSSR count). The molecular weight excluding hydrogens is 434 g/mol. The zero-order valence-electron chi connectivity index (χ0n) is 18.4. The number of aliphatic hydroxyl groups is 1. The molecule has 1 atom stereocenters. The van der Waals surface area contributed by atoms with Crippen molar-refractivity contribution in [1.82, 2.24) is 14.5 Å². The van der Waals surface area contributed by atoms with Crippen molar-refractivity contribution in [2.75, 3.05) is 43.7 Å². The molecule has 0 aliphatic heterocycles. The topological polar surface area (TPSA) is 135 Å². The molecule has 1 unspecified atom stereocenters. The van der Waals surface area contributed by atoms with Crippen molar-refractivity contribution in [2.45, 2.75) is 17.9 Å². The van der Waals surface area contributed by atoms with E-state index in [4.69, 9.17) is 4.74 Å². The number of aliphatic hydroxyl groups excluding tert-OH is 1. The van der Waals surface area contributed by atoms with E-state index in [1.165, 1.54) is 17.0 Å². The Morgan fingerprint density at radius 1 is 1.25 bits per heavy atom. The fourth-order valence-electron chi connectivity index (χ4n) is 3.16. The highest BCUT2D eigenvalue weighted by Gasteiger charge is 2.18. The number of methoxy groups -OCH3 is 1. The summed E-state index contributed by atoms with van der Waals surface area (Å²) in [5.74, 6) is 0.348. The van der Waals surface area contributed by atoms with Gasteiger partial charge in [-0.25, -0.2) is 18.4 Å². The first-order valence-corrected chi connectivity index (χ1v) is 11.9. The lowest BCUT2D eigenvalue weighted by molar-refractivity contribution is 0.208. The van der Waals surface area contributed by atoms with E-state index in [9.17, 15) is 18.3 Å². The number of nitrogens with zero attached hydrogens (tertiary/aromatic N) is 3. The number of benzene rings is 1. The first-order valence-electron chi connectivity index (χ1n) is 9.97. The number of rotatable bonds is 9. The molecular formula is C21H27N5O5S. The molecule has 3 N–H and O–H groups in total. The van der Waals surface area contributed by atoms with Gasteiger partial charge in [0.1, 0.15) is 11.2 Å². The normalized spacial score (nSPS) is 12.7. The standard InChI is InChI=1S/C21H27N5O5S/c1-13(27)11-23-15-6-5-14(9-18(15)32(4,29)30)16-10-17-19(21(28)26(2)12-24-17)20(25-16)22-7-8-31-3/h5-6,9-10,12-13,23,27H,7-8,11H2,1-4H3,(H,22,25). The molecule has 0 aliphatic rings. The fraction of sp³-hybridized carbons (Fsp3) is 0.381. The summed E-state index contributed by atoms with van der Waals surface area (Å²) in [6, 6.07) is 6.54. The van der Waals surface area contributed by atoms with Gasteiger partial charge >= 0.3 is 0 Å². The van der Waals surface area contributed by atoms with E-state index in [1.54, 1.807) is 39.3 Å². The Kier molecular flexibility index (Phi) is 7.12. The van der Waals surface area contributed by atoms with Crippen LogP contribution in [0.5, 0.6) is 0 Å². The van der Waals surface area contributed by atoms with Crippen LogP contribution in [0.3, 0.4) is 0 Å². The van der Waals surface area contributed by atoms with E-state index in [-0.39, 0.29) is 17.0 Å². The number of aryl methyl sites for hydroxylation is 1. The SMILES string of the molecule is COCCNc1nc(-c2ccc(NCC(C)O)c(S(C)(=O)=O)c2)cc2ncn(C)c(=O)c12. The molecule has 0 spiro atoms. The van der Waals surface area contributed by atoms with Gasteiger partial charge in [0.2, 0.25) is 0 Å². The van der Waals surface area contributed by atoms with Crippen LogP contribution in [0.15, 0.2) is 40.3 Å². The van der Waals surface area contributed by atoms with Gasteiger partial charge in [0, 0.05) is 39.1 Å². The number of pyridine rings is 1. The highest BCUT2D eigenvalue weighted by Crippen LogP contribution is 2.30. The minimum Gasteiger partial charge on any atom is -0.392 e. The van der Waals surface area contributed by atoms with Crippen molar-refractivity contribution in [1.29, 1.82) is 0 Å². The van der Waals surface area contributed by atoms with Gasteiger partial charge < -0.3 is 25.0 Å². The second-order valence-electron chi connectivity index (χ2n) is 7.54. The van der Waals surface area contributed by atoms with Gasteiger partial charge in [-0.1, -0.05) is 6.07 Å². The van der Waals surface area contributed by atoms with Crippen LogP contribution in [-0.4, -0.2) is 67.2 Å². The van der Waals surface area contributed by atoms with Crippen LogP contribution in [0.4, 0.5) is 11.5 Å². The summed E-state index contributed by atoms with van der Waals surface area (Å²) in [6.07, 6.45) is 1.91. The van der Waals surface area contributed by atoms with E-state index < -0.39 is 15.9 Å². The molecule has 0 saturated carbocycles. The Balaban J connectivity index is 2.16. The number of anilines is 2. The predicted molar refractivity (Wildman–Crippen MR) is 124 cm³/mol. The highest BCUT2D eigenvalue weighted by molar-refractivity contribution is 7.90. The molecule has 0 saturated heterocycles. The average molecular weight is 462 g/mol. The van der Waals surface area contributed by atoms with Gasteiger partial charge in [-0.05, 0) is 25.1 Å². The summed E-state index contributed by atoms with van der Waals surface area (Å²) < 4.78 is 31.3. The number of aromatic nitrogens is 3. The molecule has 172 valence electrons. The lowest BCUT2D eigenvalue weighted by atomic mass is 10.1. The summed E-state index contributed by atoms with van der Waals surface area (Å²) in [6.45, 7) is 2.65. The molecule has 1 aromatic carbocycles. The molecule has 10 nitrogen and oxygen atoms in total. The third-order valence-electron chi connectivity index (χ3n) is 4.77. The van der Waals surface area contributed by atoms with Gasteiger partial charge in [0.05, 0.1) is 40.8 Å². The Labute approximate surface area is 186 Å². The van der Waals surface area contributed by atoms with E-state index >= 15 is 0 Å². The van der Waals surface area contributed by atoms with E-state index in [2.05, 4.69) is 20.6 Å². The van der Waals surface area contributed by atoms with Crippen molar-refractivity contribution in [3.63, 3.8) is 0 Å². The largest absolute Gasteiger partial charge is 0.392 e. The molecule has 0 fully saturated rings. The highest BCUT2D eigenvalue weighted by atomic mass is 32.2. The zero-order valence-corrected chi connectivity index (χ0v) is 19.2. The number of sulfone groups is 1. The minimum atomic E-state index is -3.57. The van der Waals surface area contributed by atoms with Crippen LogP contribution in [0.1, 0.15) is 6.92 Å². The lowest BCUT2D eigenvalue weighted by Crippen LogP contribution is -2.20. The zero-order chi connectivity index (χ0) is 23.5. The minimum absolute atomic E-state index is 0.0865. The maximum atomic E-state index is 12.7. The number of hydrogen-bond donors (Lipinski definition) is 3. The third-order valence-corrected chi connectivity index (χ3v) is 5.90. The average Bonchev–Trinajstić information content (AvgIpc) is 2.74. The second-order valence-corrected chi connectivity index (χ2v) is 9.53. The van der Waals surface area contributed by atoms with E-state index in [0.717, 1.165) is 6.26 Å². The fourth-order valence-corrected chi connectivity index (χ4v) is 4.04. The first kappa shape index (κ1) is 23.6. The Bertz CT molecular complexity index is 1290. The molecule has 2 heterocycles. The van der Waals surface area contributed by atoms with Gasteiger partial charge in [-0.2, -0.15) is 0 Å². The van der Waals surface area contributed by atoms with Crippen LogP contribution < -0.4 is 16.2 Å². The van der Waals surface area contributed by atoms with Crippen LogP contribution >= 0.6 is 0 Å². The Morgan fingerprint density at radius 3 is 2.66 bits per heavy atom. The van der Waals surface area contributed by atoms with E-state index in [0.29, 0.717) is 46.8 Å². The van der Waals surface area contributed by atoms with Gasteiger partial charge in [-0.15, -0.1) is 0 Å². The van der Waals surface area contributed by atoms with Crippen molar-refractivity contribution in [2.24, 2.45) is 7.05 Å². The lowest BCUT2D eigenvalue weighted by Gasteiger charge is -2.15. The molecule has 0 radical (unpaired) electrons. The quantitative estimate of drug-likeness (QED) is 0.402. The molecule has 32 heavy (non-hydrogen) atoms. The molecule has 0 aliphatic carbocycles. The summed E-state index contributed by atoms with van der Waals surface area (Å²) in [5.41, 5.74) is 1.60. The number of ether oxygens (including phenoxy) is 1.